The van der Waals surface area contributed by atoms with Crippen molar-refractivity contribution >= 4 is 29.0 Å². The van der Waals surface area contributed by atoms with Gasteiger partial charge in [0.05, 0.1) is 22.8 Å². The Labute approximate surface area is 120 Å². The molecule has 2 aromatic heterocycles. The normalized spacial score (nSPS) is 10.5. The summed E-state index contributed by atoms with van der Waals surface area (Å²) in [4.78, 5) is 26.3. The van der Waals surface area contributed by atoms with Crippen molar-refractivity contribution in [1.29, 1.82) is 0 Å². The van der Waals surface area contributed by atoms with Gasteiger partial charge in [-0.05, 0) is 13.2 Å². The molecule has 5 nitrogen and oxygen atoms in total. The van der Waals surface area contributed by atoms with Gasteiger partial charge in [-0.2, -0.15) is 0 Å². The summed E-state index contributed by atoms with van der Waals surface area (Å²) in [6.07, 6.45) is 5.02. The second kappa shape index (κ2) is 6.12. The summed E-state index contributed by atoms with van der Waals surface area (Å²) in [5, 5.41) is 3.63. The van der Waals surface area contributed by atoms with Crippen molar-refractivity contribution in [3.05, 3.63) is 34.0 Å². The number of thiazole rings is 1. The van der Waals surface area contributed by atoms with Crippen LogP contribution in [0.2, 0.25) is 0 Å². The van der Waals surface area contributed by atoms with Crippen LogP contribution >= 0.6 is 23.1 Å². The van der Waals surface area contributed by atoms with E-state index in [1.165, 1.54) is 11.8 Å². The van der Waals surface area contributed by atoms with Crippen LogP contribution in [0.4, 0.5) is 0 Å². The fourth-order valence-corrected chi connectivity index (χ4v) is 2.47. The average Bonchev–Trinajstić information content (AvgIpc) is 2.83. The van der Waals surface area contributed by atoms with Gasteiger partial charge < -0.3 is 4.90 Å². The zero-order valence-electron chi connectivity index (χ0n) is 11.0. The summed E-state index contributed by atoms with van der Waals surface area (Å²) in [6, 6.07) is 0. The lowest BCUT2D eigenvalue weighted by Crippen LogP contribution is -2.26. The van der Waals surface area contributed by atoms with Crippen LogP contribution in [0.1, 0.15) is 21.1 Å². The zero-order valence-corrected chi connectivity index (χ0v) is 12.6. The van der Waals surface area contributed by atoms with Gasteiger partial charge in [0.15, 0.2) is 5.16 Å². The molecule has 0 unspecified atom stereocenters. The van der Waals surface area contributed by atoms with Crippen LogP contribution < -0.4 is 0 Å². The van der Waals surface area contributed by atoms with E-state index in [1.54, 1.807) is 35.7 Å². The van der Waals surface area contributed by atoms with Crippen molar-refractivity contribution in [3.8, 4) is 0 Å². The number of carbonyl (C=O) groups is 1. The van der Waals surface area contributed by atoms with Crippen molar-refractivity contribution < 1.29 is 4.79 Å². The molecular weight excluding hydrogens is 280 g/mol. The minimum absolute atomic E-state index is 0.0988. The van der Waals surface area contributed by atoms with Crippen LogP contribution in [0.5, 0.6) is 0 Å². The monoisotopic (exact) mass is 294 g/mol. The third-order valence-corrected chi connectivity index (χ3v) is 3.87. The first kappa shape index (κ1) is 14.0. The number of hydrogen-bond acceptors (Lipinski definition) is 6. The maximum atomic E-state index is 12.2. The van der Waals surface area contributed by atoms with E-state index < -0.39 is 0 Å². The van der Waals surface area contributed by atoms with Crippen LogP contribution in [0.15, 0.2) is 22.9 Å². The fourth-order valence-electron chi connectivity index (χ4n) is 1.55. The molecule has 0 aromatic carbocycles. The van der Waals surface area contributed by atoms with Crippen molar-refractivity contribution in [2.45, 2.75) is 18.6 Å². The number of nitrogens with zero attached hydrogens (tertiary/aromatic N) is 4. The van der Waals surface area contributed by atoms with Crippen molar-refractivity contribution in [2.75, 3.05) is 13.3 Å². The standard InChI is InChI=1S/C12H14N4OS2/c1-8-15-10(7-19-8)6-16(2)11(17)9-4-13-12(18-3)14-5-9/h4-5,7H,6H2,1-3H3. The second-order valence-corrected chi connectivity index (χ2v) is 5.81. The third-order valence-electron chi connectivity index (χ3n) is 2.47. The van der Waals surface area contributed by atoms with Crippen molar-refractivity contribution in [3.63, 3.8) is 0 Å². The lowest BCUT2D eigenvalue weighted by atomic mass is 10.3. The van der Waals surface area contributed by atoms with E-state index in [-0.39, 0.29) is 5.91 Å². The first-order chi connectivity index (χ1) is 9.10. The number of carbonyl (C=O) groups excluding carboxylic acids is 1. The number of aromatic nitrogens is 3. The summed E-state index contributed by atoms with van der Waals surface area (Å²) >= 11 is 3.03. The first-order valence-electron chi connectivity index (χ1n) is 5.62. The molecule has 1 amide bonds. The van der Waals surface area contributed by atoms with Crippen LogP contribution in [0, 0.1) is 6.92 Å². The second-order valence-electron chi connectivity index (χ2n) is 3.98. The van der Waals surface area contributed by atoms with Crippen LogP contribution in [0.25, 0.3) is 0 Å². The Morgan fingerprint density at radius 3 is 2.63 bits per heavy atom. The average molecular weight is 294 g/mol. The highest BCUT2D eigenvalue weighted by Crippen LogP contribution is 2.12. The quantitative estimate of drug-likeness (QED) is 0.639. The lowest BCUT2D eigenvalue weighted by Gasteiger charge is -2.15. The molecule has 7 heteroatoms. The maximum Gasteiger partial charge on any atom is 0.257 e. The van der Waals surface area contributed by atoms with Gasteiger partial charge >= 0.3 is 0 Å². The first-order valence-corrected chi connectivity index (χ1v) is 7.73. The van der Waals surface area contributed by atoms with E-state index in [2.05, 4.69) is 15.0 Å². The number of thioether (sulfide) groups is 1. The summed E-state index contributed by atoms with van der Waals surface area (Å²) in [7, 11) is 1.75. The fraction of sp³-hybridized carbons (Fsp3) is 0.333. The molecule has 0 fully saturated rings. The largest absolute Gasteiger partial charge is 0.336 e. The molecule has 0 saturated carbocycles. The van der Waals surface area contributed by atoms with Gasteiger partial charge in [0.25, 0.3) is 5.91 Å². The maximum absolute atomic E-state index is 12.2. The number of rotatable bonds is 4. The molecule has 0 aliphatic carbocycles. The Kier molecular flexibility index (Phi) is 4.49. The minimum Gasteiger partial charge on any atom is -0.336 e. The van der Waals surface area contributed by atoms with Crippen molar-refractivity contribution in [1.82, 2.24) is 19.9 Å². The molecule has 2 aromatic rings. The molecule has 100 valence electrons. The third kappa shape index (κ3) is 3.51. The summed E-state index contributed by atoms with van der Waals surface area (Å²) < 4.78 is 0. The number of amides is 1. The van der Waals surface area contributed by atoms with Gasteiger partial charge in [-0.25, -0.2) is 15.0 Å². The highest BCUT2D eigenvalue weighted by Gasteiger charge is 2.14. The summed E-state index contributed by atoms with van der Waals surface area (Å²) in [5.74, 6) is -0.0988. The Bertz CT molecular complexity index is 567. The highest BCUT2D eigenvalue weighted by molar-refractivity contribution is 7.98. The van der Waals surface area contributed by atoms with E-state index in [4.69, 9.17) is 0 Å². The zero-order chi connectivity index (χ0) is 13.8. The lowest BCUT2D eigenvalue weighted by molar-refractivity contribution is 0.0782. The summed E-state index contributed by atoms with van der Waals surface area (Å²) in [5.41, 5.74) is 1.40. The van der Waals surface area contributed by atoms with Crippen molar-refractivity contribution in [2.24, 2.45) is 0 Å². The Balaban J connectivity index is 2.05. The minimum atomic E-state index is -0.0988. The topological polar surface area (TPSA) is 59.0 Å². The molecule has 0 aliphatic heterocycles. The Morgan fingerprint density at radius 1 is 1.42 bits per heavy atom. The predicted octanol–water partition coefficient (Wildman–Crippen LogP) is 2.24. The van der Waals surface area contributed by atoms with Crippen LogP contribution in [0.3, 0.4) is 0 Å². The van der Waals surface area contributed by atoms with Gasteiger partial charge in [-0.3, -0.25) is 4.79 Å². The summed E-state index contributed by atoms with van der Waals surface area (Å²) in [6.45, 7) is 2.44. The van der Waals surface area contributed by atoms with E-state index >= 15 is 0 Å². The number of hydrogen-bond donors (Lipinski definition) is 0. The Morgan fingerprint density at radius 2 is 2.11 bits per heavy atom. The molecule has 2 heterocycles. The SMILES string of the molecule is CSc1ncc(C(=O)N(C)Cc2csc(C)n2)cn1. The Hall–Kier alpha value is -1.47. The van der Waals surface area contributed by atoms with E-state index in [9.17, 15) is 4.79 Å². The predicted molar refractivity (Wildman–Crippen MR) is 76.5 cm³/mol. The van der Waals surface area contributed by atoms with Crippen LogP contribution in [-0.2, 0) is 6.54 Å². The number of aryl methyl sites for hydroxylation is 1. The van der Waals surface area contributed by atoms with Crippen LogP contribution in [-0.4, -0.2) is 39.1 Å². The molecule has 0 spiro atoms. The van der Waals surface area contributed by atoms with Gasteiger partial charge in [-0.1, -0.05) is 11.8 Å². The molecule has 19 heavy (non-hydrogen) atoms. The molecule has 0 radical (unpaired) electrons. The van der Waals surface area contributed by atoms with Gasteiger partial charge in [0.2, 0.25) is 0 Å². The van der Waals surface area contributed by atoms with Gasteiger partial charge in [0.1, 0.15) is 0 Å². The van der Waals surface area contributed by atoms with Gasteiger partial charge in [0, 0.05) is 24.8 Å². The van der Waals surface area contributed by atoms with E-state index in [0.717, 1.165) is 10.7 Å². The highest BCUT2D eigenvalue weighted by atomic mass is 32.2. The molecular formula is C12H14N4OS2. The van der Waals surface area contributed by atoms with E-state index in [1.807, 2.05) is 18.6 Å². The van der Waals surface area contributed by atoms with E-state index in [0.29, 0.717) is 17.3 Å². The smallest absolute Gasteiger partial charge is 0.257 e. The molecule has 2 rings (SSSR count). The molecule has 0 atom stereocenters. The van der Waals surface area contributed by atoms with Gasteiger partial charge in [-0.15, -0.1) is 11.3 Å². The molecule has 0 aliphatic rings. The molecule has 0 saturated heterocycles. The molecule has 0 N–H and O–H groups in total. The molecule has 0 bridgehead atoms.